The highest BCUT2D eigenvalue weighted by molar-refractivity contribution is 7.15. The Morgan fingerprint density at radius 2 is 1.71 bits per heavy atom. The first kappa shape index (κ1) is 24.2. The lowest BCUT2D eigenvalue weighted by atomic mass is 9.95. The van der Waals surface area contributed by atoms with Crippen LogP contribution in [0.2, 0.25) is 0 Å². The molecular weight excluding hydrogens is 470 g/mol. The number of methoxy groups -OCH3 is 2. The standard InChI is InChI=1S/C25H25N3O6S/c1-13(2)34-17-9-6-15(7-10-17)22(29)20-21(16-8-11-18(32-4)19(12-16)33-5)28(24(31)23(20)30)25-27-26-14(3)35-25/h6-13,21,29H,1-5H3/b22-20+/t21-/m1/s1. The van der Waals surface area contributed by atoms with E-state index in [0.29, 0.717) is 33.4 Å². The van der Waals surface area contributed by atoms with E-state index in [1.807, 2.05) is 13.8 Å². The third-order valence-corrected chi connectivity index (χ3v) is 6.23. The summed E-state index contributed by atoms with van der Waals surface area (Å²) in [4.78, 5) is 27.7. The van der Waals surface area contributed by atoms with Crippen LogP contribution in [0.1, 0.15) is 36.0 Å². The number of carbonyl (C=O) groups is 2. The summed E-state index contributed by atoms with van der Waals surface area (Å²) < 4.78 is 16.4. The molecule has 9 nitrogen and oxygen atoms in total. The first-order valence-corrected chi connectivity index (χ1v) is 11.7. The fourth-order valence-corrected chi connectivity index (χ4v) is 4.58. The highest BCUT2D eigenvalue weighted by Gasteiger charge is 2.48. The smallest absolute Gasteiger partial charge is 0.301 e. The molecule has 0 saturated carbocycles. The van der Waals surface area contributed by atoms with Crippen LogP contribution in [0.3, 0.4) is 0 Å². The topological polar surface area (TPSA) is 111 Å². The first-order valence-electron chi connectivity index (χ1n) is 10.8. The van der Waals surface area contributed by atoms with Crippen molar-refractivity contribution in [1.29, 1.82) is 0 Å². The number of aliphatic hydroxyl groups is 1. The number of nitrogens with zero attached hydrogens (tertiary/aromatic N) is 3. The van der Waals surface area contributed by atoms with Gasteiger partial charge in [0.15, 0.2) is 11.5 Å². The van der Waals surface area contributed by atoms with Gasteiger partial charge >= 0.3 is 5.91 Å². The van der Waals surface area contributed by atoms with Crippen LogP contribution in [0, 0.1) is 6.92 Å². The largest absolute Gasteiger partial charge is 0.507 e. The maximum Gasteiger partial charge on any atom is 0.301 e. The summed E-state index contributed by atoms with van der Waals surface area (Å²) >= 11 is 1.18. The molecule has 1 fully saturated rings. The summed E-state index contributed by atoms with van der Waals surface area (Å²) in [6.45, 7) is 5.57. The molecule has 0 bridgehead atoms. The lowest BCUT2D eigenvalue weighted by molar-refractivity contribution is -0.132. The van der Waals surface area contributed by atoms with Crippen molar-refractivity contribution in [2.75, 3.05) is 19.1 Å². The molecule has 0 spiro atoms. The molecule has 4 rings (SSSR count). The third-order valence-electron chi connectivity index (χ3n) is 5.39. The molecule has 10 heteroatoms. The molecule has 0 radical (unpaired) electrons. The monoisotopic (exact) mass is 495 g/mol. The highest BCUT2D eigenvalue weighted by Crippen LogP contribution is 2.44. The predicted molar refractivity (Wildman–Crippen MR) is 131 cm³/mol. The third kappa shape index (κ3) is 4.57. The number of amides is 1. The summed E-state index contributed by atoms with van der Waals surface area (Å²) in [6, 6.07) is 10.8. The SMILES string of the molecule is COc1ccc([C@@H]2/C(=C(\O)c3ccc(OC(C)C)cc3)C(=O)C(=O)N2c2nnc(C)s2)cc1OC. The fourth-order valence-electron chi connectivity index (χ4n) is 3.87. The van der Waals surface area contributed by atoms with Crippen LogP contribution < -0.4 is 19.1 Å². The van der Waals surface area contributed by atoms with E-state index in [0.717, 1.165) is 0 Å². The first-order chi connectivity index (χ1) is 16.7. The zero-order chi connectivity index (χ0) is 25.3. The van der Waals surface area contributed by atoms with Gasteiger partial charge in [-0.3, -0.25) is 14.5 Å². The van der Waals surface area contributed by atoms with Gasteiger partial charge in [0.2, 0.25) is 5.13 Å². The number of ketones is 1. The minimum absolute atomic E-state index is 0.0137. The lowest BCUT2D eigenvalue weighted by Crippen LogP contribution is -2.29. The number of benzene rings is 2. The second kappa shape index (κ2) is 9.75. The predicted octanol–water partition coefficient (Wildman–Crippen LogP) is 4.28. The van der Waals surface area contributed by atoms with Gasteiger partial charge in [-0.25, -0.2) is 0 Å². The van der Waals surface area contributed by atoms with Gasteiger partial charge in [0, 0.05) is 5.56 Å². The van der Waals surface area contributed by atoms with Gasteiger partial charge in [0.25, 0.3) is 5.78 Å². The Morgan fingerprint density at radius 3 is 2.29 bits per heavy atom. The number of aryl methyl sites for hydroxylation is 1. The molecule has 2 heterocycles. The van der Waals surface area contributed by atoms with Crippen molar-refractivity contribution in [2.24, 2.45) is 0 Å². The van der Waals surface area contributed by atoms with E-state index in [2.05, 4.69) is 10.2 Å². The number of hydrogen-bond acceptors (Lipinski definition) is 9. The Morgan fingerprint density at radius 1 is 1.03 bits per heavy atom. The molecule has 1 N–H and O–H groups in total. The number of anilines is 1. The van der Waals surface area contributed by atoms with Crippen LogP contribution in [0.4, 0.5) is 5.13 Å². The van der Waals surface area contributed by atoms with Crippen molar-refractivity contribution in [3.8, 4) is 17.2 Å². The zero-order valence-corrected chi connectivity index (χ0v) is 20.8. The molecule has 1 atom stereocenters. The molecule has 0 aliphatic carbocycles. The van der Waals surface area contributed by atoms with Crippen LogP contribution in [0.5, 0.6) is 17.2 Å². The van der Waals surface area contributed by atoms with Gasteiger partial charge in [0.05, 0.1) is 31.9 Å². The maximum absolute atomic E-state index is 13.3. The Hall–Kier alpha value is -3.92. The van der Waals surface area contributed by atoms with Crippen molar-refractivity contribution in [3.63, 3.8) is 0 Å². The van der Waals surface area contributed by atoms with Gasteiger partial charge in [-0.1, -0.05) is 17.4 Å². The molecule has 1 aliphatic rings. The average Bonchev–Trinajstić information content (AvgIpc) is 3.38. The Bertz CT molecular complexity index is 1300. The second-order valence-electron chi connectivity index (χ2n) is 8.08. The van der Waals surface area contributed by atoms with Gasteiger partial charge in [-0.2, -0.15) is 0 Å². The van der Waals surface area contributed by atoms with Crippen LogP contribution in [0.25, 0.3) is 5.76 Å². The van der Waals surface area contributed by atoms with E-state index < -0.39 is 17.7 Å². The Labute approximate surface area is 206 Å². The van der Waals surface area contributed by atoms with Crippen LogP contribution in [0.15, 0.2) is 48.0 Å². The van der Waals surface area contributed by atoms with Gasteiger partial charge < -0.3 is 19.3 Å². The number of aliphatic hydroxyl groups excluding tert-OH is 1. The molecule has 182 valence electrons. The van der Waals surface area contributed by atoms with Crippen molar-refractivity contribution < 1.29 is 28.9 Å². The number of aromatic nitrogens is 2. The molecule has 3 aromatic rings. The van der Waals surface area contributed by atoms with Gasteiger partial charge in [-0.05, 0) is 62.7 Å². The zero-order valence-electron chi connectivity index (χ0n) is 19.9. The quantitative estimate of drug-likeness (QED) is 0.294. The number of hydrogen-bond donors (Lipinski definition) is 1. The van der Waals surface area contributed by atoms with E-state index >= 15 is 0 Å². The molecule has 1 amide bonds. The fraction of sp³-hybridized carbons (Fsp3) is 0.280. The van der Waals surface area contributed by atoms with Crippen molar-refractivity contribution >= 4 is 33.9 Å². The van der Waals surface area contributed by atoms with E-state index in [4.69, 9.17) is 14.2 Å². The van der Waals surface area contributed by atoms with Gasteiger partial charge in [0.1, 0.15) is 16.5 Å². The van der Waals surface area contributed by atoms with Crippen molar-refractivity contribution in [2.45, 2.75) is 32.9 Å². The number of ether oxygens (including phenoxy) is 3. The van der Waals surface area contributed by atoms with E-state index in [9.17, 15) is 14.7 Å². The van der Waals surface area contributed by atoms with Crippen LogP contribution >= 0.6 is 11.3 Å². The number of Topliss-reactive ketones (excluding diaryl/α,β-unsaturated/α-hetero) is 1. The average molecular weight is 496 g/mol. The van der Waals surface area contributed by atoms with Crippen LogP contribution in [-0.4, -0.2) is 47.3 Å². The molecule has 35 heavy (non-hydrogen) atoms. The number of rotatable bonds is 7. The number of carbonyl (C=O) groups excluding carboxylic acids is 2. The summed E-state index contributed by atoms with van der Waals surface area (Å²) in [7, 11) is 3.01. The summed E-state index contributed by atoms with van der Waals surface area (Å²) in [5.41, 5.74) is 0.849. The molecule has 1 aromatic heterocycles. The van der Waals surface area contributed by atoms with Crippen molar-refractivity contribution in [1.82, 2.24) is 10.2 Å². The molecule has 2 aromatic carbocycles. The van der Waals surface area contributed by atoms with Crippen LogP contribution in [-0.2, 0) is 9.59 Å². The van der Waals surface area contributed by atoms with E-state index in [1.54, 1.807) is 49.4 Å². The van der Waals surface area contributed by atoms with Gasteiger partial charge in [-0.15, -0.1) is 10.2 Å². The Kier molecular flexibility index (Phi) is 6.74. The molecule has 0 unspecified atom stereocenters. The lowest BCUT2D eigenvalue weighted by Gasteiger charge is -2.23. The molecule has 1 saturated heterocycles. The second-order valence-corrected chi connectivity index (χ2v) is 9.24. The highest BCUT2D eigenvalue weighted by atomic mass is 32.1. The Balaban J connectivity index is 1.88. The summed E-state index contributed by atoms with van der Waals surface area (Å²) in [5, 5.41) is 20.2. The van der Waals surface area contributed by atoms with E-state index in [1.165, 1.54) is 30.5 Å². The normalized spacial score (nSPS) is 17.2. The van der Waals surface area contributed by atoms with Crippen molar-refractivity contribution in [3.05, 3.63) is 64.2 Å². The summed E-state index contributed by atoms with van der Waals surface area (Å²) in [6.07, 6.45) is -0.0137. The van der Waals surface area contributed by atoms with E-state index in [-0.39, 0.29) is 22.6 Å². The molecular formula is C25H25N3O6S. The maximum atomic E-state index is 13.3. The minimum atomic E-state index is -0.950. The summed E-state index contributed by atoms with van der Waals surface area (Å²) in [5.74, 6) is -0.402. The molecule has 1 aliphatic heterocycles. The minimum Gasteiger partial charge on any atom is -0.507 e.